The lowest BCUT2D eigenvalue weighted by atomic mass is 9.95. The van der Waals surface area contributed by atoms with Gasteiger partial charge in [-0.05, 0) is 42.1 Å². The molecule has 0 saturated carbocycles. The summed E-state index contributed by atoms with van der Waals surface area (Å²) < 4.78 is 22.8. The zero-order valence-electron chi connectivity index (χ0n) is 16.3. The zero-order chi connectivity index (χ0) is 20.4. The molecule has 5 N–H and O–H groups in total. The Morgan fingerprint density at radius 2 is 2.14 bits per heavy atom. The minimum absolute atomic E-state index is 0.301. The molecule has 1 aromatic heterocycles. The van der Waals surface area contributed by atoms with Crippen molar-refractivity contribution in [3.8, 4) is 23.1 Å². The van der Waals surface area contributed by atoms with E-state index in [9.17, 15) is 0 Å². The fraction of sp³-hybridized carbons (Fsp3) is 0.286. The van der Waals surface area contributed by atoms with Gasteiger partial charge in [0, 0.05) is 29.9 Å². The van der Waals surface area contributed by atoms with Gasteiger partial charge in [-0.1, -0.05) is 0 Å². The first-order chi connectivity index (χ1) is 14.0. The van der Waals surface area contributed by atoms with Crippen LogP contribution in [0.1, 0.15) is 17.2 Å². The van der Waals surface area contributed by atoms with Crippen molar-refractivity contribution in [1.82, 2.24) is 10.3 Å². The summed E-state index contributed by atoms with van der Waals surface area (Å²) >= 11 is 0. The van der Waals surface area contributed by atoms with Gasteiger partial charge in [0.05, 0.1) is 14.2 Å². The van der Waals surface area contributed by atoms with E-state index in [1.165, 1.54) is 0 Å². The van der Waals surface area contributed by atoms with E-state index in [0.717, 1.165) is 11.1 Å². The van der Waals surface area contributed by atoms with Crippen molar-refractivity contribution in [2.75, 3.05) is 20.8 Å². The zero-order valence-corrected chi connectivity index (χ0v) is 16.3. The summed E-state index contributed by atoms with van der Waals surface area (Å²) in [6.07, 6.45) is 7.26. The van der Waals surface area contributed by atoms with E-state index < -0.39 is 5.66 Å². The number of methoxy groups -OCH3 is 2. The van der Waals surface area contributed by atoms with E-state index in [1.807, 2.05) is 24.3 Å². The lowest BCUT2D eigenvalue weighted by Crippen LogP contribution is -2.57. The van der Waals surface area contributed by atoms with Crippen LogP contribution in [0.5, 0.6) is 23.1 Å². The van der Waals surface area contributed by atoms with Gasteiger partial charge in [0.2, 0.25) is 11.6 Å². The number of hydrogen-bond acceptors (Lipinski definition) is 8. The maximum Gasteiger partial charge on any atom is 0.212 e. The summed E-state index contributed by atoms with van der Waals surface area (Å²) in [7, 11) is 3.17. The SMILES string of the molecule is COc1ccc(C2COc3cc(CC4(N)NC=CC=C4N)cc(OC)c3O2)cn1. The molecule has 0 radical (unpaired) electrons. The van der Waals surface area contributed by atoms with Crippen molar-refractivity contribution < 1.29 is 18.9 Å². The van der Waals surface area contributed by atoms with Crippen LogP contribution in [0, 0.1) is 0 Å². The Kier molecular flexibility index (Phi) is 4.94. The van der Waals surface area contributed by atoms with Crippen LogP contribution in [0.15, 0.2) is 54.5 Å². The number of ether oxygens (including phenoxy) is 4. The van der Waals surface area contributed by atoms with E-state index in [4.69, 9.17) is 30.4 Å². The molecule has 2 aliphatic rings. The Labute approximate surface area is 169 Å². The number of aromatic nitrogens is 1. The first-order valence-corrected chi connectivity index (χ1v) is 9.22. The van der Waals surface area contributed by atoms with Crippen LogP contribution >= 0.6 is 0 Å². The van der Waals surface area contributed by atoms with Gasteiger partial charge in [0.15, 0.2) is 17.6 Å². The smallest absolute Gasteiger partial charge is 0.212 e. The van der Waals surface area contributed by atoms with Crippen molar-refractivity contribution >= 4 is 0 Å². The third kappa shape index (κ3) is 3.66. The van der Waals surface area contributed by atoms with E-state index in [0.29, 0.717) is 41.9 Å². The number of benzene rings is 1. The highest BCUT2D eigenvalue weighted by molar-refractivity contribution is 5.55. The summed E-state index contributed by atoms with van der Waals surface area (Å²) in [5, 5.41) is 3.12. The molecule has 2 atom stereocenters. The quantitative estimate of drug-likeness (QED) is 0.701. The molecule has 4 rings (SSSR count). The molecule has 0 aliphatic carbocycles. The van der Waals surface area contributed by atoms with Crippen LogP contribution < -0.4 is 35.7 Å². The Hall–Kier alpha value is -3.39. The van der Waals surface area contributed by atoms with E-state index in [-0.39, 0.29) is 6.10 Å². The molecule has 152 valence electrons. The van der Waals surface area contributed by atoms with Crippen LogP contribution in [-0.2, 0) is 6.42 Å². The number of nitrogens with one attached hydrogen (secondary N) is 1. The average Bonchev–Trinajstić information content (AvgIpc) is 2.75. The van der Waals surface area contributed by atoms with Crippen LogP contribution in [0.25, 0.3) is 0 Å². The fourth-order valence-electron chi connectivity index (χ4n) is 3.37. The molecule has 2 unspecified atom stereocenters. The second kappa shape index (κ2) is 7.56. The molecule has 29 heavy (non-hydrogen) atoms. The van der Waals surface area contributed by atoms with Gasteiger partial charge in [-0.3, -0.25) is 0 Å². The normalized spacial score (nSPS) is 22.4. The molecule has 0 fully saturated rings. The number of dihydropyridines is 1. The number of fused-ring (bicyclic) bond motifs is 1. The first kappa shape index (κ1) is 18.9. The van der Waals surface area contributed by atoms with Gasteiger partial charge < -0.3 is 35.7 Å². The number of rotatable bonds is 5. The van der Waals surface area contributed by atoms with Crippen molar-refractivity contribution in [1.29, 1.82) is 0 Å². The lowest BCUT2D eigenvalue weighted by Gasteiger charge is -2.33. The average molecular weight is 396 g/mol. The van der Waals surface area contributed by atoms with Gasteiger partial charge in [0.25, 0.3) is 0 Å². The summed E-state index contributed by atoms with van der Waals surface area (Å²) in [5.74, 6) is 2.27. The highest BCUT2D eigenvalue weighted by Gasteiger charge is 2.31. The second-order valence-corrected chi connectivity index (χ2v) is 6.95. The van der Waals surface area contributed by atoms with Gasteiger partial charge in [-0.2, -0.15) is 0 Å². The highest BCUT2D eigenvalue weighted by Crippen LogP contribution is 2.44. The van der Waals surface area contributed by atoms with Gasteiger partial charge in [0.1, 0.15) is 12.3 Å². The number of hydrogen-bond donors (Lipinski definition) is 3. The van der Waals surface area contributed by atoms with Crippen molar-refractivity contribution in [2.24, 2.45) is 11.5 Å². The monoisotopic (exact) mass is 396 g/mol. The predicted molar refractivity (Wildman–Crippen MR) is 108 cm³/mol. The third-order valence-electron chi connectivity index (χ3n) is 5.00. The standard InChI is InChI=1S/C21H24N4O4/c1-26-15-8-13(10-21(23)18(22)4-3-7-25-21)9-16-20(15)29-17(12-28-16)14-5-6-19(27-2)24-11-14/h3-9,11,17,25H,10,12,22-23H2,1-2H3. The summed E-state index contributed by atoms with van der Waals surface area (Å²) in [5.41, 5.74) is 14.0. The van der Waals surface area contributed by atoms with E-state index >= 15 is 0 Å². The van der Waals surface area contributed by atoms with Gasteiger partial charge in [-0.15, -0.1) is 0 Å². The van der Waals surface area contributed by atoms with E-state index in [1.54, 1.807) is 38.8 Å². The summed E-state index contributed by atoms with van der Waals surface area (Å²) in [6, 6.07) is 7.49. The topological polar surface area (TPSA) is 114 Å². The summed E-state index contributed by atoms with van der Waals surface area (Å²) in [6.45, 7) is 0.352. The number of nitrogens with two attached hydrogens (primary N) is 2. The summed E-state index contributed by atoms with van der Waals surface area (Å²) in [4.78, 5) is 4.23. The molecule has 0 saturated heterocycles. The number of allylic oxidation sites excluding steroid dienone is 2. The molecule has 8 nitrogen and oxygen atoms in total. The Morgan fingerprint density at radius 1 is 1.28 bits per heavy atom. The predicted octanol–water partition coefficient (Wildman–Crippen LogP) is 1.77. The first-order valence-electron chi connectivity index (χ1n) is 9.22. The molecule has 1 aromatic carbocycles. The molecule has 2 aromatic rings. The Morgan fingerprint density at radius 3 is 2.83 bits per heavy atom. The number of pyridine rings is 1. The third-order valence-corrected chi connectivity index (χ3v) is 5.00. The van der Waals surface area contributed by atoms with Crippen LogP contribution in [-0.4, -0.2) is 31.5 Å². The number of nitrogens with zero attached hydrogens (tertiary/aromatic N) is 1. The molecule has 8 heteroatoms. The Balaban J connectivity index is 1.59. The molecule has 0 spiro atoms. The minimum atomic E-state index is -0.874. The van der Waals surface area contributed by atoms with E-state index in [2.05, 4.69) is 10.3 Å². The maximum absolute atomic E-state index is 6.44. The molecule has 3 heterocycles. The van der Waals surface area contributed by atoms with Gasteiger partial charge >= 0.3 is 0 Å². The van der Waals surface area contributed by atoms with Crippen LogP contribution in [0.2, 0.25) is 0 Å². The van der Waals surface area contributed by atoms with Crippen molar-refractivity contribution in [3.63, 3.8) is 0 Å². The lowest BCUT2D eigenvalue weighted by molar-refractivity contribution is 0.0866. The Bertz CT molecular complexity index is 941. The largest absolute Gasteiger partial charge is 0.493 e. The van der Waals surface area contributed by atoms with Gasteiger partial charge in [-0.25, -0.2) is 4.98 Å². The molecule has 0 bridgehead atoms. The molecule has 0 amide bonds. The molecule has 2 aliphatic heterocycles. The van der Waals surface area contributed by atoms with Crippen molar-refractivity contribution in [3.05, 3.63) is 65.6 Å². The van der Waals surface area contributed by atoms with Crippen LogP contribution in [0.4, 0.5) is 0 Å². The molecular weight excluding hydrogens is 372 g/mol. The maximum atomic E-state index is 6.44. The minimum Gasteiger partial charge on any atom is -0.493 e. The second-order valence-electron chi connectivity index (χ2n) is 6.95. The van der Waals surface area contributed by atoms with Crippen molar-refractivity contribution in [2.45, 2.75) is 18.2 Å². The molecular formula is C21H24N4O4. The highest BCUT2D eigenvalue weighted by atomic mass is 16.6. The van der Waals surface area contributed by atoms with Crippen LogP contribution in [0.3, 0.4) is 0 Å². The fourth-order valence-corrected chi connectivity index (χ4v) is 3.37.